The molecule has 1 aromatic heterocycles. The molecule has 1 aromatic rings. The predicted molar refractivity (Wildman–Crippen MR) is 66.1 cm³/mol. The van der Waals surface area contributed by atoms with Gasteiger partial charge in [0.2, 0.25) is 0 Å². The molecule has 1 fully saturated rings. The van der Waals surface area contributed by atoms with Crippen LogP contribution in [0.2, 0.25) is 0 Å². The number of carbonyl (C=O) groups is 1. The highest BCUT2D eigenvalue weighted by Gasteiger charge is 2.35. The van der Waals surface area contributed by atoms with Gasteiger partial charge in [0.05, 0.1) is 18.7 Å². The minimum absolute atomic E-state index is 0.132. The van der Waals surface area contributed by atoms with Crippen molar-refractivity contribution in [2.24, 2.45) is 0 Å². The van der Waals surface area contributed by atoms with Crippen molar-refractivity contribution in [2.45, 2.75) is 25.4 Å². The summed E-state index contributed by atoms with van der Waals surface area (Å²) >= 11 is 0. The fourth-order valence-electron chi connectivity index (χ4n) is 2.27. The molecule has 0 radical (unpaired) electrons. The number of rotatable bonds is 2. The van der Waals surface area contributed by atoms with Gasteiger partial charge < -0.3 is 15.1 Å². The van der Waals surface area contributed by atoms with Crippen molar-refractivity contribution in [3.63, 3.8) is 0 Å². The van der Waals surface area contributed by atoms with Crippen molar-refractivity contribution in [2.75, 3.05) is 19.7 Å². The van der Waals surface area contributed by atoms with E-state index in [0.717, 1.165) is 5.56 Å². The first-order valence-electron chi connectivity index (χ1n) is 6.09. The molecule has 0 spiro atoms. The average molecular weight is 250 g/mol. The molecule has 0 aliphatic carbocycles. The number of nitrogens with zero attached hydrogens (tertiary/aromatic N) is 2. The van der Waals surface area contributed by atoms with Crippen LogP contribution >= 0.6 is 0 Å². The highest BCUT2D eigenvalue weighted by Crippen LogP contribution is 2.22. The number of amides is 1. The Hall–Kier alpha value is -1.46. The monoisotopic (exact) mass is 250 g/mol. The van der Waals surface area contributed by atoms with E-state index < -0.39 is 5.60 Å². The van der Waals surface area contributed by atoms with Gasteiger partial charge in [0.25, 0.3) is 5.91 Å². The summed E-state index contributed by atoms with van der Waals surface area (Å²) in [6, 6.07) is 1.79. The van der Waals surface area contributed by atoms with E-state index in [2.05, 4.69) is 4.98 Å². The zero-order valence-electron chi connectivity index (χ0n) is 10.5. The number of piperidine rings is 1. The van der Waals surface area contributed by atoms with Crippen LogP contribution in [0.4, 0.5) is 0 Å². The molecule has 2 N–H and O–H groups in total. The van der Waals surface area contributed by atoms with Crippen molar-refractivity contribution in [3.05, 3.63) is 29.6 Å². The molecule has 5 heteroatoms. The smallest absolute Gasteiger partial charge is 0.255 e. The van der Waals surface area contributed by atoms with Crippen LogP contribution in [-0.2, 0) is 0 Å². The summed E-state index contributed by atoms with van der Waals surface area (Å²) in [6.45, 7) is 2.33. The molecule has 2 heterocycles. The van der Waals surface area contributed by atoms with Crippen molar-refractivity contribution >= 4 is 5.91 Å². The van der Waals surface area contributed by atoms with Crippen LogP contribution in [-0.4, -0.2) is 51.3 Å². The van der Waals surface area contributed by atoms with Gasteiger partial charge in [-0.3, -0.25) is 9.78 Å². The summed E-state index contributed by atoms with van der Waals surface area (Å²) in [5.41, 5.74) is 0.261. The molecule has 98 valence electrons. The van der Waals surface area contributed by atoms with E-state index in [-0.39, 0.29) is 19.1 Å². The first kappa shape index (κ1) is 13.0. The summed E-state index contributed by atoms with van der Waals surface area (Å²) in [4.78, 5) is 17.9. The fourth-order valence-corrected chi connectivity index (χ4v) is 2.27. The van der Waals surface area contributed by atoms with Gasteiger partial charge in [-0.05, 0) is 31.4 Å². The SMILES string of the molecule is Cc1ccncc1C(=O)N1CCCC(O)(CO)C1. The number of likely N-dealkylation sites (tertiary alicyclic amines) is 1. The van der Waals surface area contributed by atoms with E-state index in [1.807, 2.05) is 6.92 Å². The van der Waals surface area contributed by atoms with Gasteiger partial charge in [-0.15, -0.1) is 0 Å². The van der Waals surface area contributed by atoms with E-state index in [4.69, 9.17) is 0 Å². The first-order valence-corrected chi connectivity index (χ1v) is 6.09. The Bertz CT molecular complexity index is 450. The van der Waals surface area contributed by atoms with E-state index in [1.165, 1.54) is 0 Å². The number of hydrogen-bond donors (Lipinski definition) is 2. The van der Waals surface area contributed by atoms with Crippen LogP contribution in [0.25, 0.3) is 0 Å². The van der Waals surface area contributed by atoms with Crippen LogP contribution in [0, 0.1) is 6.92 Å². The van der Waals surface area contributed by atoms with Gasteiger partial charge in [-0.1, -0.05) is 0 Å². The third kappa shape index (κ3) is 2.52. The Labute approximate surface area is 106 Å². The van der Waals surface area contributed by atoms with Gasteiger partial charge in [-0.25, -0.2) is 0 Å². The summed E-state index contributed by atoms with van der Waals surface area (Å²) in [5.74, 6) is -0.132. The van der Waals surface area contributed by atoms with Crippen molar-refractivity contribution in [1.82, 2.24) is 9.88 Å². The molecule has 1 atom stereocenters. The van der Waals surface area contributed by atoms with E-state index >= 15 is 0 Å². The zero-order chi connectivity index (χ0) is 13.2. The van der Waals surface area contributed by atoms with Crippen LogP contribution in [0.3, 0.4) is 0 Å². The molecule has 0 bridgehead atoms. The predicted octanol–water partition coefficient (Wildman–Crippen LogP) is 0.349. The molecule has 5 nitrogen and oxygen atoms in total. The van der Waals surface area contributed by atoms with Crippen molar-refractivity contribution in [1.29, 1.82) is 0 Å². The Balaban J connectivity index is 2.17. The molecule has 18 heavy (non-hydrogen) atoms. The van der Waals surface area contributed by atoms with Crippen molar-refractivity contribution < 1.29 is 15.0 Å². The summed E-state index contributed by atoms with van der Waals surface area (Å²) in [6.07, 6.45) is 4.41. The van der Waals surface area contributed by atoms with Gasteiger partial charge in [-0.2, -0.15) is 0 Å². The minimum atomic E-state index is -1.16. The summed E-state index contributed by atoms with van der Waals surface area (Å²) in [5, 5.41) is 19.2. The first-order chi connectivity index (χ1) is 8.56. The third-order valence-electron chi connectivity index (χ3n) is 3.41. The molecule has 1 saturated heterocycles. The number of hydrogen-bond acceptors (Lipinski definition) is 4. The standard InChI is InChI=1S/C13H18N2O3/c1-10-3-5-14-7-11(10)12(17)15-6-2-4-13(18,8-15)9-16/h3,5,7,16,18H,2,4,6,8-9H2,1H3. The molecule has 1 amide bonds. The van der Waals surface area contributed by atoms with E-state index in [9.17, 15) is 15.0 Å². The molecular weight excluding hydrogens is 232 g/mol. The molecule has 1 aliphatic rings. The highest BCUT2D eigenvalue weighted by molar-refractivity contribution is 5.95. The maximum Gasteiger partial charge on any atom is 0.255 e. The molecule has 1 aliphatic heterocycles. The molecular formula is C13H18N2O3. The average Bonchev–Trinajstić information content (AvgIpc) is 2.39. The second-order valence-corrected chi connectivity index (χ2v) is 4.90. The molecule has 0 saturated carbocycles. The van der Waals surface area contributed by atoms with Gasteiger partial charge >= 0.3 is 0 Å². The number of aliphatic hydroxyl groups is 2. The van der Waals surface area contributed by atoms with Gasteiger partial charge in [0, 0.05) is 18.9 Å². The topological polar surface area (TPSA) is 73.7 Å². The second kappa shape index (κ2) is 5.04. The Morgan fingerprint density at radius 1 is 1.61 bits per heavy atom. The van der Waals surface area contributed by atoms with Crippen LogP contribution < -0.4 is 0 Å². The maximum atomic E-state index is 12.3. The van der Waals surface area contributed by atoms with Crippen LogP contribution in [0.1, 0.15) is 28.8 Å². The second-order valence-electron chi connectivity index (χ2n) is 4.90. The Morgan fingerprint density at radius 3 is 3.06 bits per heavy atom. The zero-order valence-corrected chi connectivity index (χ0v) is 10.5. The van der Waals surface area contributed by atoms with Crippen molar-refractivity contribution in [3.8, 4) is 0 Å². The van der Waals surface area contributed by atoms with Gasteiger partial charge in [0.15, 0.2) is 0 Å². The summed E-state index contributed by atoms with van der Waals surface area (Å²) in [7, 11) is 0. The summed E-state index contributed by atoms with van der Waals surface area (Å²) < 4.78 is 0. The number of β-amino-alcohol motifs (C(OH)–C–C–N with tert-alkyl or cyclic N) is 1. The lowest BCUT2D eigenvalue weighted by molar-refractivity contribution is -0.0598. The number of carbonyl (C=O) groups excluding carboxylic acids is 1. The third-order valence-corrected chi connectivity index (χ3v) is 3.41. The molecule has 1 unspecified atom stereocenters. The number of aryl methyl sites for hydroxylation is 1. The normalized spacial score (nSPS) is 24.1. The van der Waals surface area contributed by atoms with E-state index in [1.54, 1.807) is 23.4 Å². The molecule has 2 rings (SSSR count). The Kier molecular flexibility index (Phi) is 3.63. The lowest BCUT2D eigenvalue weighted by Gasteiger charge is -2.38. The van der Waals surface area contributed by atoms with E-state index in [0.29, 0.717) is 24.9 Å². The molecule has 0 aromatic carbocycles. The minimum Gasteiger partial charge on any atom is -0.393 e. The highest BCUT2D eigenvalue weighted by atomic mass is 16.3. The number of aliphatic hydroxyl groups excluding tert-OH is 1. The fraction of sp³-hybridized carbons (Fsp3) is 0.538. The maximum absolute atomic E-state index is 12.3. The Morgan fingerprint density at radius 2 is 2.39 bits per heavy atom. The lowest BCUT2D eigenvalue weighted by atomic mass is 9.93. The largest absolute Gasteiger partial charge is 0.393 e. The van der Waals surface area contributed by atoms with Gasteiger partial charge in [0.1, 0.15) is 5.60 Å². The van der Waals surface area contributed by atoms with Crippen LogP contribution in [0.5, 0.6) is 0 Å². The lowest BCUT2D eigenvalue weighted by Crippen LogP contribution is -2.52. The van der Waals surface area contributed by atoms with Crippen LogP contribution in [0.15, 0.2) is 18.5 Å². The number of aromatic nitrogens is 1. The quantitative estimate of drug-likeness (QED) is 0.794. The number of pyridine rings is 1.